The molecule has 1 atom stereocenters. The van der Waals surface area contributed by atoms with Crippen molar-refractivity contribution in [2.24, 2.45) is 0 Å². The maximum atomic E-state index is 13.0. The van der Waals surface area contributed by atoms with Crippen LogP contribution in [0.3, 0.4) is 0 Å². The summed E-state index contributed by atoms with van der Waals surface area (Å²) in [5, 5.41) is 11.1. The molecule has 0 aliphatic carbocycles. The molecule has 18 heavy (non-hydrogen) atoms. The quantitative estimate of drug-likeness (QED) is 0.541. The Morgan fingerprint density at radius 2 is 2.22 bits per heavy atom. The number of amides is 1. The van der Waals surface area contributed by atoms with Crippen LogP contribution < -0.4 is 11.1 Å². The lowest BCUT2D eigenvalue weighted by atomic mass is 10.1. The van der Waals surface area contributed by atoms with Crippen molar-refractivity contribution in [3.63, 3.8) is 0 Å². The number of aliphatic carboxylic acids is 1. The lowest BCUT2D eigenvalue weighted by molar-refractivity contribution is -0.139. The van der Waals surface area contributed by atoms with E-state index in [-0.39, 0.29) is 17.7 Å². The topological polar surface area (TPSA) is 92.4 Å². The van der Waals surface area contributed by atoms with Gasteiger partial charge in [0.1, 0.15) is 11.9 Å². The number of carboxylic acids is 1. The van der Waals surface area contributed by atoms with Gasteiger partial charge in [-0.3, -0.25) is 4.79 Å². The molecular formula is C12H13FN2O3. The van der Waals surface area contributed by atoms with Gasteiger partial charge in [0.15, 0.2) is 0 Å². The summed E-state index contributed by atoms with van der Waals surface area (Å²) in [7, 11) is 0. The smallest absolute Gasteiger partial charge is 0.326 e. The summed E-state index contributed by atoms with van der Waals surface area (Å²) in [4.78, 5) is 22.6. The molecule has 0 fully saturated rings. The average molecular weight is 252 g/mol. The molecule has 0 aliphatic heterocycles. The first kappa shape index (κ1) is 13.7. The molecule has 1 aromatic rings. The van der Waals surface area contributed by atoms with E-state index in [2.05, 4.69) is 11.9 Å². The molecule has 1 rings (SSSR count). The Balaban J connectivity index is 2.89. The number of hydrogen-bond donors (Lipinski definition) is 3. The molecule has 0 saturated heterocycles. The number of nitrogens with one attached hydrogen (secondary N) is 1. The first-order chi connectivity index (χ1) is 8.45. The molecule has 1 aromatic carbocycles. The second-order valence-corrected chi connectivity index (χ2v) is 3.62. The second-order valence-electron chi connectivity index (χ2n) is 3.62. The van der Waals surface area contributed by atoms with Gasteiger partial charge in [-0.05, 0) is 24.6 Å². The van der Waals surface area contributed by atoms with Gasteiger partial charge in [0.25, 0.3) is 5.91 Å². The Morgan fingerprint density at radius 1 is 1.56 bits per heavy atom. The van der Waals surface area contributed by atoms with Gasteiger partial charge in [0.05, 0.1) is 5.56 Å². The number of carboxylic acid groups (broad SMARTS) is 1. The third kappa shape index (κ3) is 3.31. The van der Waals surface area contributed by atoms with Crippen LogP contribution in [0.4, 0.5) is 10.1 Å². The second kappa shape index (κ2) is 5.81. The zero-order valence-electron chi connectivity index (χ0n) is 9.52. The predicted octanol–water partition coefficient (Wildman–Crippen LogP) is 1.17. The van der Waals surface area contributed by atoms with Crippen LogP contribution in [0.1, 0.15) is 16.8 Å². The van der Waals surface area contributed by atoms with Crippen molar-refractivity contribution in [2.45, 2.75) is 12.5 Å². The molecule has 4 N–H and O–H groups in total. The normalized spacial score (nSPS) is 11.6. The number of nitrogen functional groups attached to an aromatic ring is 1. The van der Waals surface area contributed by atoms with Crippen LogP contribution in [0, 0.1) is 5.82 Å². The van der Waals surface area contributed by atoms with Crippen molar-refractivity contribution in [2.75, 3.05) is 5.73 Å². The minimum Gasteiger partial charge on any atom is -0.480 e. The molecule has 96 valence electrons. The minimum atomic E-state index is -1.20. The van der Waals surface area contributed by atoms with Crippen molar-refractivity contribution < 1.29 is 19.1 Å². The van der Waals surface area contributed by atoms with Gasteiger partial charge in [-0.25, -0.2) is 9.18 Å². The Bertz CT molecular complexity index is 488. The first-order valence-electron chi connectivity index (χ1n) is 5.15. The van der Waals surface area contributed by atoms with Crippen LogP contribution in [0.2, 0.25) is 0 Å². The zero-order chi connectivity index (χ0) is 13.7. The highest BCUT2D eigenvalue weighted by molar-refractivity contribution is 6.00. The number of rotatable bonds is 5. The molecule has 5 nitrogen and oxygen atoms in total. The van der Waals surface area contributed by atoms with Crippen LogP contribution in [0.5, 0.6) is 0 Å². The number of halogens is 1. The fraction of sp³-hybridized carbons (Fsp3) is 0.167. The fourth-order valence-corrected chi connectivity index (χ4v) is 1.35. The first-order valence-corrected chi connectivity index (χ1v) is 5.15. The summed E-state index contributed by atoms with van der Waals surface area (Å²) in [5.41, 5.74) is 5.51. The monoisotopic (exact) mass is 252 g/mol. The van der Waals surface area contributed by atoms with Crippen molar-refractivity contribution in [3.05, 3.63) is 42.2 Å². The maximum Gasteiger partial charge on any atom is 0.326 e. The van der Waals surface area contributed by atoms with Gasteiger partial charge in [-0.15, -0.1) is 6.58 Å². The van der Waals surface area contributed by atoms with Gasteiger partial charge < -0.3 is 16.2 Å². The molecule has 0 heterocycles. The van der Waals surface area contributed by atoms with Gasteiger partial charge in [0.2, 0.25) is 0 Å². The predicted molar refractivity (Wildman–Crippen MR) is 64.5 cm³/mol. The van der Waals surface area contributed by atoms with E-state index in [1.165, 1.54) is 12.1 Å². The number of nitrogens with two attached hydrogens (primary N) is 1. The van der Waals surface area contributed by atoms with Crippen molar-refractivity contribution in [1.82, 2.24) is 5.32 Å². The lowest BCUT2D eigenvalue weighted by Gasteiger charge is -2.13. The summed E-state index contributed by atoms with van der Waals surface area (Å²) >= 11 is 0. The SMILES string of the molecule is C=CCC(NC(=O)c1cc(F)ccc1N)C(=O)O. The van der Waals surface area contributed by atoms with E-state index < -0.39 is 23.7 Å². The van der Waals surface area contributed by atoms with Crippen molar-refractivity contribution in [3.8, 4) is 0 Å². The van der Waals surface area contributed by atoms with Gasteiger partial charge >= 0.3 is 5.97 Å². The summed E-state index contributed by atoms with van der Waals surface area (Å²) in [6.07, 6.45) is 1.43. The molecule has 0 bridgehead atoms. The number of anilines is 1. The zero-order valence-corrected chi connectivity index (χ0v) is 9.52. The highest BCUT2D eigenvalue weighted by Gasteiger charge is 2.20. The molecule has 0 aromatic heterocycles. The van der Waals surface area contributed by atoms with Crippen molar-refractivity contribution >= 4 is 17.6 Å². The summed E-state index contributed by atoms with van der Waals surface area (Å²) < 4.78 is 13.0. The van der Waals surface area contributed by atoms with Crippen LogP contribution >= 0.6 is 0 Å². The minimum absolute atomic E-state index is 0.0658. The Morgan fingerprint density at radius 3 is 2.78 bits per heavy atom. The Labute approximate surface area is 103 Å². The largest absolute Gasteiger partial charge is 0.480 e. The number of benzene rings is 1. The third-order valence-electron chi connectivity index (χ3n) is 2.27. The van der Waals surface area contributed by atoms with E-state index in [1.807, 2.05) is 0 Å². The van der Waals surface area contributed by atoms with E-state index in [9.17, 15) is 14.0 Å². The number of hydrogen-bond acceptors (Lipinski definition) is 3. The summed E-state index contributed by atoms with van der Waals surface area (Å²) in [5.74, 6) is -2.55. The fourth-order valence-electron chi connectivity index (χ4n) is 1.35. The maximum absolute atomic E-state index is 13.0. The number of carbonyl (C=O) groups excluding carboxylic acids is 1. The highest BCUT2D eigenvalue weighted by atomic mass is 19.1. The third-order valence-corrected chi connectivity index (χ3v) is 2.27. The van der Waals surface area contributed by atoms with Crippen LogP contribution in [0.25, 0.3) is 0 Å². The van der Waals surface area contributed by atoms with E-state index in [0.717, 1.165) is 12.1 Å². The van der Waals surface area contributed by atoms with Crippen LogP contribution in [-0.2, 0) is 4.79 Å². The van der Waals surface area contributed by atoms with Crippen LogP contribution in [0.15, 0.2) is 30.9 Å². The molecule has 0 saturated carbocycles. The molecule has 0 radical (unpaired) electrons. The molecule has 0 aliphatic rings. The Hall–Kier alpha value is -2.37. The van der Waals surface area contributed by atoms with E-state index in [1.54, 1.807) is 0 Å². The van der Waals surface area contributed by atoms with E-state index in [0.29, 0.717) is 0 Å². The van der Waals surface area contributed by atoms with E-state index in [4.69, 9.17) is 10.8 Å². The molecule has 0 spiro atoms. The molecule has 6 heteroatoms. The summed E-state index contributed by atoms with van der Waals surface area (Å²) in [6.45, 7) is 3.40. The average Bonchev–Trinajstić information content (AvgIpc) is 2.31. The highest BCUT2D eigenvalue weighted by Crippen LogP contribution is 2.13. The molecular weight excluding hydrogens is 239 g/mol. The molecule has 1 amide bonds. The van der Waals surface area contributed by atoms with Gasteiger partial charge in [0, 0.05) is 5.69 Å². The Kier molecular flexibility index (Phi) is 4.42. The molecule has 1 unspecified atom stereocenters. The lowest BCUT2D eigenvalue weighted by Crippen LogP contribution is -2.40. The van der Waals surface area contributed by atoms with Gasteiger partial charge in [-0.2, -0.15) is 0 Å². The van der Waals surface area contributed by atoms with Crippen molar-refractivity contribution in [1.29, 1.82) is 0 Å². The van der Waals surface area contributed by atoms with Crippen LogP contribution in [-0.4, -0.2) is 23.0 Å². The standard InChI is InChI=1S/C12H13FN2O3/c1-2-3-10(12(17)18)15-11(16)8-6-7(13)4-5-9(8)14/h2,4-6,10H,1,3,14H2,(H,15,16)(H,17,18). The van der Waals surface area contributed by atoms with Gasteiger partial charge in [-0.1, -0.05) is 6.08 Å². The number of carbonyl (C=O) groups is 2. The summed E-state index contributed by atoms with van der Waals surface area (Å²) in [6, 6.07) is 2.20. The van der Waals surface area contributed by atoms with E-state index >= 15 is 0 Å².